The molecule has 2 aliphatic carbocycles. The van der Waals surface area contributed by atoms with Gasteiger partial charge in [0.2, 0.25) is 27.7 Å². The van der Waals surface area contributed by atoms with Crippen molar-refractivity contribution in [2.24, 2.45) is 13.0 Å². The number of sulfonamides is 1. The van der Waals surface area contributed by atoms with Gasteiger partial charge in [-0.2, -0.15) is 5.10 Å². The molecule has 2 aromatic heterocycles. The van der Waals surface area contributed by atoms with Gasteiger partial charge in [-0.25, -0.2) is 22.8 Å². The van der Waals surface area contributed by atoms with E-state index in [4.69, 9.17) is 4.74 Å². The maximum absolute atomic E-state index is 14.7. The average molecular weight is 765 g/mol. The molecule has 7 rings (SSSR count). The fourth-order valence-electron chi connectivity index (χ4n) is 7.24. The van der Waals surface area contributed by atoms with Crippen LogP contribution in [0.2, 0.25) is 0 Å². The number of rotatable bonds is 7. The van der Waals surface area contributed by atoms with Gasteiger partial charge in [-0.3, -0.25) is 28.6 Å². The lowest BCUT2D eigenvalue weighted by atomic mass is 10.0. The topological polar surface area (TPSA) is 195 Å². The average Bonchev–Trinajstić information content (AvgIpc) is 3.95. The Morgan fingerprint density at radius 1 is 1.11 bits per heavy atom. The lowest BCUT2D eigenvalue weighted by molar-refractivity contribution is -0.141. The van der Waals surface area contributed by atoms with Gasteiger partial charge in [0.1, 0.15) is 40.6 Å². The van der Waals surface area contributed by atoms with Crippen LogP contribution < -0.4 is 20.1 Å². The highest BCUT2D eigenvalue weighted by molar-refractivity contribution is 7.91. The van der Waals surface area contributed by atoms with Gasteiger partial charge in [0.25, 0.3) is 11.8 Å². The quantitative estimate of drug-likeness (QED) is 0.301. The third-order valence-electron chi connectivity index (χ3n) is 11.2. The molecule has 2 aliphatic heterocycles. The minimum Gasteiger partial charge on any atom is -0.471 e. The predicted octanol–water partition coefficient (Wildman–Crippen LogP) is 2.66. The van der Waals surface area contributed by atoms with E-state index in [0.29, 0.717) is 36.9 Å². The highest BCUT2D eigenvalue weighted by Gasteiger charge is 2.63. The summed E-state index contributed by atoms with van der Waals surface area (Å²) in [7, 11) is -2.30. The van der Waals surface area contributed by atoms with Gasteiger partial charge < -0.3 is 20.3 Å². The lowest BCUT2D eigenvalue weighted by Crippen LogP contribution is -2.58. The van der Waals surface area contributed by atoms with Crippen LogP contribution in [-0.2, 0) is 31.5 Å². The first kappa shape index (κ1) is 37.4. The molecule has 4 heterocycles. The molecule has 3 fully saturated rings. The summed E-state index contributed by atoms with van der Waals surface area (Å²) >= 11 is 0. The molecular formula is C37H45FN8O7S. The van der Waals surface area contributed by atoms with Crippen molar-refractivity contribution in [3.63, 3.8) is 0 Å². The molecule has 4 aliphatic rings. The number of carbonyl (C=O) groups is 4. The summed E-state index contributed by atoms with van der Waals surface area (Å²) < 4.78 is 49.9. The number of hydrogen-bond acceptors (Lipinski definition) is 10. The number of para-hydroxylation sites is 1. The van der Waals surface area contributed by atoms with Crippen LogP contribution in [0.5, 0.6) is 5.88 Å². The number of aryl methyl sites for hydroxylation is 3. The zero-order valence-electron chi connectivity index (χ0n) is 30.7. The van der Waals surface area contributed by atoms with E-state index in [-0.39, 0.29) is 42.9 Å². The van der Waals surface area contributed by atoms with E-state index in [1.54, 1.807) is 44.6 Å². The molecule has 17 heteroatoms. The molecule has 5 atom stereocenters. The molecule has 2 saturated carbocycles. The summed E-state index contributed by atoms with van der Waals surface area (Å²) in [5, 5.41) is 9.95. The lowest BCUT2D eigenvalue weighted by Gasteiger charge is -2.30. The number of amides is 4. The van der Waals surface area contributed by atoms with E-state index in [1.165, 1.54) is 17.0 Å². The maximum atomic E-state index is 14.7. The fraction of sp³-hybridized carbons (Fsp3) is 0.541. The molecule has 0 radical (unpaired) electrons. The Hall–Kier alpha value is -4.93. The number of aromatic nitrogens is 4. The summed E-state index contributed by atoms with van der Waals surface area (Å²) in [6.45, 7) is 4.93. The summed E-state index contributed by atoms with van der Waals surface area (Å²) in [5.41, 5.74) is 0.0501. The fourth-order valence-corrected chi connectivity index (χ4v) is 8.55. The number of ether oxygens (including phenoxy) is 1. The van der Waals surface area contributed by atoms with Crippen molar-refractivity contribution in [2.45, 2.75) is 107 Å². The van der Waals surface area contributed by atoms with Gasteiger partial charge in [-0.1, -0.05) is 31.1 Å². The summed E-state index contributed by atoms with van der Waals surface area (Å²) in [6.07, 6.45) is 7.00. The number of hydrogen-bond donors (Lipinski definition) is 3. The first-order valence-corrected chi connectivity index (χ1v) is 19.9. The molecule has 3 aromatic rings. The zero-order valence-corrected chi connectivity index (χ0v) is 31.5. The van der Waals surface area contributed by atoms with E-state index in [0.717, 1.165) is 18.5 Å². The Labute approximate surface area is 312 Å². The second-order valence-electron chi connectivity index (χ2n) is 15.2. The first-order valence-electron chi connectivity index (χ1n) is 18.4. The van der Waals surface area contributed by atoms with Gasteiger partial charge >= 0.3 is 0 Å². The molecule has 0 bridgehead atoms. The van der Waals surface area contributed by atoms with Crippen LogP contribution in [0.25, 0.3) is 11.0 Å². The van der Waals surface area contributed by atoms with Crippen LogP contribution in [-0.4, -0.2) is 91.7 Å². The molecule has 3 N–H and O–H groups in total. The molecule has 1 aromatic carbocycles. The molecule has 54 heavy (non-hydrogen) atoms. The molecule has 4 amide bonds. The monoisotopic (exact) mass is 764 g/mol. The highest BCUT2D eigenvalue weighted by atomic mass is 32.2. The van der Waals surface area contributed by atoms with Crippen LogP contribution in [0.4, 0.5) is 4.39 Å². The Balaban J connectivity index is 1.20. The normalized spacial score (nSPS) is 27.5. The Bertz CT molecular complexity index is 2150. The molecule has 1 saturated heterocycles. The van der Waals surface area contributed by atoms with Crippen LogP contribution in [0.1, 0.15) is 86.6 Å². The number of nitrogens with one attached hydrogen (secondary N) is 3. The van der Waals surface area contributed by atoms with Crippen molar-refractivity contribution < 1.29 is 36.7 Å². The SMILES string of the molecule is Cc1nc2cccc(F)c2nc1O[C@@H]1C[C@H]2C(=O)N[C@]3(C(=O)NS(=O)(=O)C4(C)CC4)C[C@H]3/C=C\CCCCC[C@H](NC(=O)c3cc(C)n(C)n3)C(=O)N2C1. The van der Waals surface area contributed by atoms with Gasteiger partial charge in [0, 0.05) is 25.1 Å². The van der Waals surface area contributed by atoms with E-state index >= 15 is 0 Å². The second kappa shape index (κ2) is 14.0. The second-order valence-corrected chi connectivity index (χ2v) is 17.4. The van der Waals surface area contributed by atoms with Gasteiger partial charge in [-0.15, -0.1) is 0 Å². The van der Waals surface area contributed by atoms with Crippen molar-refractivity contribution >= 4 is 44.7 Å². The molecule has 0 unspecified atom stereocenters. The number of carbonyl (C=O) groups excluding carboxylic acids is 4. The Kier molecular flexibility index (Phi) is 9.73. The maximum Gasteiger partial charge on any atom is 0.272 e. The number of allylic oxidation sites excluding steroid dienone is 1. The van der Waals surface area contributed by atoms with E-state index in [9.17, 15) is 32.0 Å². The predicted molar refractivity (Wildman–Crippen MR) is 194 cm³/mol. The van der Waals surface area contributed by atoms with Crippen molar-refractivity contribution in [1.82, 2.24) is 40.0 Å². The van der Waals surface area contributed by atoms with E-state index < -0.39 is 73.9 Å². The zero-order chi connectivity index (χ0) is 38.6. The first-order chi connectivity index (χ1) is 25.6. The highest BCUT2D eigenvalue weighted by Crippen LogP contribution is 2.47. The summed E-state index contributed by atoms with van der Waals surface area (Å²) in [5.74, 6) is -3.60. The smallest absolute Gasteiger partial charge is 0.272 e. The third kappa shape index (κ3) is 7.17. The van der Waals surface area contributed by atoms with Crippen LogP contribution >= 0.6 is 0 Å². The minimum absolute atomic E-state index is 0.00286. The number of halogens is 1. The summed E-state index contributed by atoms with van der Waals surface area (Å²) in [4.78, 5) is 66.3. The largest absolute Gasteiger partial charge is 0.471 e. The Morgan fingerprint density at radius 2 is 1.89 bits per heavy atom. The number of benzene rings is 1. The van der Waals surface area contributed by atoms with Gasteiger partial charge in [-0.05, 0) is 77.5 Å². The van der Waals surface area contributed by atoms with Crippen LogP contribution in [0.3, 0.4) is 0 Å². The van der Waals surface area contributed by atoms with Crippen LogP contribution in [0, 0.1) is 25.6 Å². The number of nitrogens with zero attached hydrogens (tertiary/aromatic N) is 5. The number of fused-ring (bicyclic) bond motifs is 3. The molecular weight excluding hydrogens is 720 g/mol. The van der Waals surface area contributed by atoms with Crippen molar-refractivity contribution in [1.29, 1.82) is 0 Å². The van der Waals surface area contributed by atoms with E-state index in [2.05, 4.69) is 30.4 Å². The molecule has 15 nitrogen and oxygen atoms in total. The third-order valence-corrected chi connectivity index (χ3v) is 13.3. The van der Waals surface area contributed by atoms with Gasteiger partial charge in [0.05, 0.1) is 16.8 Å². The molecule has 0 spiro atoms. The van der Waals surface area contributed by atoms with Crippen LogP contribution in [0.15, 0.2) is 36.4 Å². The van der Waals surface area contributed by atoms with Gasteiger partial charge in [0.15, 0.2) is 5.82 Å². The summed E-state index contributed by atoms with van der Waals surface area (Å²) in [6, 6.07) is 3.82. The standard InChI is InChI=1S/C37H45FN8O7S/c1-21-17-28(43-45(21)4)31(47)40-27-13-9-7-5-6-8-11-23-19-37(23,35(50)44-54(51,52)36(3)15-16-36)42-32(48)29-18-24(20-46(29)34(27)49)53-33-22(2)39-26-14-10-12-25(38)30(26)41-33/h8,10-12,14,17,23-24,27,29H,5-7,9,13,15-16,18-20H2,1-4H3,(H,40,47)(H,42,48)(H,44,50)/b11-8-/t23-,24-,27+,29+,37-/m1/s1. The van der Waals surface area contributed by atoms with Crippen molar-refractivity contribution in [2.75, 3.05) is 6.54 Å². The van der Waals surface area contributed by atoms with Crippen molar-refractivity contribution in [3.05, 3.63) is 59.3 Å². The minimum atomic E-state index is -4.01. The van der Waals surface area contributed by atoms with E-state index in [1.807, 2.05) is 12.2 Å². The van der Waals surface area contributed by atoms with Crippen molar-refractivity contribution in [3.8, 4) is 5.88 Å². The Morgan fingerprint density at radius 3 is 2.61 bits per heavy atom. The molecule has 288 valence electrons.